The highest BCUT2D eigenvalue weighted by Crippen LogP contribution is 2.24. The summed E-state index contributed by atoms with van der Waals surface area (Å²) in [4.78, 5) is 12.8. The normalized spacial score (nSPS) is 16.9. The van der Waals surface area contributed by atoms with Gasteiger partial charge in [-0.05, 0) is 62.4 Å². The lowest BCUT2D eigenvalue weighted by atomic mass is 9.95. The van der Waals surface area contributed by atoms with Crippen molar-refractivity contribution in [3.63, 3.8) is 0 Å². The molecule has 2 aromatic carbocycles. The first-order chi connectivity index (χ1) is 14.2. The Morgan fingerprint density at radius 2 is 1.77 bits per heavy atom. The van der Waals surface area contributed by atoms with E-state index in [1.807, 2.05) is 20.8 Å². The highest BCUT2D eigenvalue weighted by molar-refractivity contribution is 7.88. The van der Waals surface area contributed by atoms with Crippen LogP contribution in [0.3, 0.4) is 0 Å². The lowest BCUT2D eigenvalue weighted by Crippen LogP contribution is -2.43. The molecule has 1 heterocycles. The Hall–Kier alpha value is -1.89. The number of carbonyl (C=O) groups is 1. The number of sulfonamides is 1. The summed E-state index contributed by atoms with van der Waals surface area (Å²) in [6.07, 6.45) is 1.07. The zero-order valence-electron chi connectivity index (χ0n) is 17.7. The summed E-state index contributed by atoms with van der Waals surface area (Å²) in [7, 11) is -3.42. The maximum absolute atomic E-state index is 12.8. The van der Waals surface area contributed by atoms with E-state index < -0.39 is 10.0 Å². The zero-order chi connectivity index (χ0) is 21.9. The van der Waals surface area contributed by atoms with Gasteiger partial charge in [-0.1, -0.05) is 47.5 Å². The van der Waals surface area contributed by atoms with Crippen molar-refractivity contribution < 1.29 is 13.2 Å². The van der Waals surface area contributed by atoms with E-state index in [2.05, 4.69) is 23.5 Å². The van der Waals surface area contributed by atoms with Crippen molar-refractivity contribution in [3.8, 4) is 0 Å². The first kappa shape index (κ1) is 22.8. The van der Waals surface area contributed by atoms with Crippen LogP contribution in [0.1, 0.15) is 48.1 Å². The number of aryl methyl sites for hydroxylation is 2. The summed E-state index contributed by atoms with van der Waals surface area (Å²) in [6, 6.07) is 13.0. The molecule has 0 radical (unpaired) electrons. The Kier molecular flexibility index (Phi) is 7.22. The zero-order valence-corrected chi connectivity index (χ0v) is 19.3. The van der Waals surface area contributed by atoms with Gasteiger partial charge in [-0.15, -0.1) is 0 Å². The van der Waals surface area contributed by atoms with Gasteiger partial charge < -0.3 is 5.32 Å². The Labute approximate surface area is 184 Å². The van der Waals surface area contributed by atoms with Crippen LogP contribution in [0.15, 0.2) is 42.5 Å². The minimum atomic E-state index is -3.42. The van der Waals surface area contributed by atoms with Crippen LogP contribution in [0.5, 0.6) is 0 Å². The Bertz CT molecular complexity index is 998. The van der Waals surface area contributed by atoms with E-state index in [1.54, 1.807) is 24.3 Å². The number of nitrogens with zero attached hydrogens (tertiary/aromatic N) is 1. The SMILES string of the molecule is Cc1ccc(C)c([C@H](C)NC(=O)C2CCN(S(=O)(=O)Cc3ccc(Cl)cc3)CC2)c1. The van der Waals surface area contributed by atoms with Gasteiger partial charge in [0.1, 0.15) is 0 Å². The first-order valence-electron chi connectivity index (χ1n) is 10.3. The minimum absolute atomic E-state index is 0.00171. The number of amides is 1. The molecule has 1 N–H and O–H groups in total. The van der Waals surface area contributed by atoms with Gasteiger partial charge >= 0.3 is 0 Å². The predicted molar refractivity (Wildman–Crippen MR) is 121 cm³/mol. The molecule has 1 aliphatic heterocycles. The van der Waals surface area contributed by atoms with E-state index in [9.17, 15) is 13.2 Å². The number of hydrogen-bond acceptors (Lipinski definition) is 3. The molecule has 0 aliphatic carbocycles. The second kappa shape index (κ2) is 9.50. The van der Waals surface area contributed by atoms with E-state index in [0.717, 1.165) is 16.7 Å². The molecule has 162 valence electrons. The summed E-state index contributed by atoms with van der Waals surface area (Å²) in [5.74, 6) is -0.220. The van der Waals surface area contributed by atoms with Crippen molar-refractivity contribution in [2.45, 2.75) is 45.4 Å². The average Bonchev–Trinajstić information content (AvgIpc) is 2.71. The maximum atomic E-state index is 12.8. The van der Waals surface area contributed by atoms with Gasteiger partial charge in [0.2, 0.25) is 15.9 Å². The van der Waals surface area contributed by atoms with E-state index >= 15 is 0 Å². The van der Waals surface area contributed by atoms with Crippen LogP contribution in [-0.2, 0) is 20.6 Å². The largest absolute Gasteiger partial charge is 0.349 e. The van der Waals surface area contributed by atoms with Crippen molar-refractivity contribution in [1.82, 2.24) is 9.62 Å². The summed E-state index contributed by atoms with van der Waals surface area (Å²) in [5, 5.41) is 3.69. The molecule has 0 spiro atoms. The summed E-state index contributed by atoms with van der Waals surface area (Å²) >= 11 is 5.87. The van der Waals surface area contributed by atoms with Crippen LogP contribution in [0.25, 0.3) is 0 Å². The molecule has 0 saturated carbocycles. The van der Waals surface area contributed by atoms with Gasteiger partial charge in [-0.25, -0.2) is 12.7 Å². The van der Waals surface area contributed by atoms with Gasteiger partial charge in [-0.2, -0.15) is 0 Å². The fourth-order valence-electron chi connectivity index (χ4n) is 3.91. The highest BCUT2D eigenvalue weighted by Gasteiger charge is 2.31. The number of piperidine rings is 1. The monoisotopic (exact) mass is 448 g/mol. The standard InChI is InChI=1S/C23H29ClN2O3S/c1-16-4-5-17(2)22(14-16)18(3)25-23(27)20-10-12-26(13-11-20)30(28,29)15-19-6-8-21(24)9-7-19/h4-9,14,18,20H,10-13,15H2,1-3H3,(H,25,27)/t18-/m0/s1. The topological polar surface area (TPSA) is 66.5 Å². The summed E-state index contributed by atoms with van der Waals surface area (Å²) < 4.78 is 27.0. The molecule has 1 aliphatic rings. The van der Waals surface area contributed by atoms with Crippen LogP contribution < -0.4 is 5.32 Å². The quantitative estimate of drug-likeness (QED) is 0.713. The molecule has 0 bridgehead atoms. The van der Waals surface area contributed by atoms with Crippen molar-refractivity contribution in [1.29, 1.82) is 0 Å². The molecule has 30 heavy (non-hydrogen) atoms. The van der Waals surface area contributed by atoms with Gasteiger partial charge in [0.05, 0.1) is 11.8 Å². The van der Waals surface area contributed by atoms with Crippen LogP contribution >= 0.6 is 11.6 Å². The Morgan fingerprint density at radius 1 is 1.13 bits per heavy atom. The predicted octanol–water partition coefficient (Wildman–Crippen LogP) is 4.38. The first-order valence-corrected chi connectivity index (χ1v) is 12.2. The molecule has 7 heteroatoms. The third kappa shape index (κ3) is 5.62. The number of rotatable bonds is 6. The molecule has 2 aromatic rings. The van der Waals surface area contributed by atoms with Gasteiger partial charge in [0, 0.05) is 24.0 Å². The van der Waals surface area contributed by atoms with Crippen LogP contribution in [0.4, 0.5) is 0 Å². The van der Waals surface area contributed by atoms with E-state index in [4.69, 9.17) is 11.6 Å². The number of carbonyl (C=O) groups excluding carboxylic acids is 1. The molecule has 0 unspecified atom stereocenters. The fourth-order valence-corrected chi connectivity index (χ4v) is 5.60. The van der Waals surface area contributed by atoms with Crippen LogP contribution in [-0.4, -0.2) is 31.7 Å². The van der Waals surface area contributed by atoms with Crippen molar-refractivity contribution in [2.75, 3.05) is 13.1 Å². The molecule has 1 amide bonds. The highest BCUT2D eigenvalue weighted by atomic mass is 35.5. The van der Waals surface area contributed by atoms with E-state index in [-0.39, 0.29) is 23.6 Å². The molecule has 0 aromatic heterocycles. The van der Waals surface area contributed by atoms with E-state index in [0.29, 0.717) is 36.5 Å². The molecule has 1 fully saturated rings. The molecule has 5 nitrogen and oxygen atoms in total. The number of hydrogen-bond donors (Lipinski definition) is 1. The molecule has 1 atom stereocenters. The van der Waals surface area contributed by atoms with Crippen LogP contribution in [0.2, 0.25) is 5.02 Å². The summed E-state index contributed by atoms with van der Waals surface area (Å²) in [5.41, 5.74) is 4.14. The Morgan fingerprint density at radius 3 is 2.40 bits per heavy atom. The van der Waals surface area contributed by atoms with Crippen molar-refractivity contribution in [2.24, 2.45) is 5.92 Å². The average molecular weight is 449 g/mol. The smallest absolute Gasteiger partial charge is 0.223 e. The third-order valence-corrected chi connectivity index (χ3v) is 7.84. The van der Waals surface area contributed by atoms with Gasteiger partial charge in [0.25, 0.3) is 0 Å². The fraction of sp³-hybridized carbons (Fsp3) is 0.435. The Balaban J connectivity index is 1.56. The molecule has 1 saturated heterocycles. The second-order valence-corrected chi connectivity index (χ2v) is 10.6. The van der Waals surface area contributed by atoms with E-state index in [1.165, 1.54) is 4.31 Å². The van der Waals surface area contributed by atoms with Gasteiger partial charge in [0.15, 0.2) is 0 Å². The third-order valence-electron chi connectivity index (χ3n) is 5.74. The number of nitrogens with one attached hydrogen (secondary N) is 1. The molecular weight excluding hydrogens is 420 g/mol. The lowest BCUT2D eigenvalue weighted by Gasteiger charge is -2.31. The number of halogens is 1. The molecular formula is C23H29ClN2O3S. The second-order valence-electron chi connectivity index (χ2n) is 8.15. The van der Waals surface area contributed by atoms with Crippen molar-refractivity contribution in [3.05, 3.63) is 69.7 Å². The maximum Gasteiger partial charge on any atom is 0.223 e. The summed E-state index contributed by atoms with van der Waals surface area (Å²) in [6.45, 7) is 6.81. The number of benzene rings is 2. The molecule has 3 rings (SSSR count). The van der Waals surface area contributed by atoms with Crippen LogP contribution in [0, 0.1) is 19.8 Å². The minimum Gasteiger partial charge on any atom is -0.349 e. The van der Waals surface area contributed by atoms with Crippen molar-refractivity contribution >= 4 is 27.5 Å². The van der Waals surface area contributed by atoms with Gasteiger partial charge in [-0.3, -0.25) is 4.79 Å². The lowest BCUT2D eigenvalue weighted by molar-refractivity contribution is -0.126.